The van der Waals surface area contributed by atoms with Crippen LogP contribution < -0.4 is 14.2 Å². The highest BCUT2D eigenvalue weighted by atomic mass is 32.1. The van der Waals surface area contributed by atoms with Crippen molar-refractivity contribution in [3.8, 4) is 23.1 Å². The summed E-state index contributed by atoms with van der Waals surface area (Å²) >= 11 is 1.45. The van der Waals surface area contributed by atoms with Crippen LogP contribution in [0.3, 0.4) is 0 Å². The lowest BCUT2D eigenvalue weighted by atomic mass is 10.0. The first-order chi connectivity index (χ1) is 14.5. The number of piperazine rings is 1. The molecule has 0 radical (unpaired) electrons. The summed E-state index contributed by atoms with van der Waals surface area (Å²) in [4.78, 5) is 10.6. The highest BCUT2D eigenvalue weighted by Crippen LogP contribution is 2.45. The smallest absolute Gasteiger partial charge is 0.230 e. The van der Waals surface area contributed by atoms with Crippen LogP contribution in [0.25, 0.3) is 4.96 Å². The number of thiazole rings is 1. The number of rotatable bonds is 6. The maximum Gasteiger partial charge on any atom is 0.230 e. The van der Waals surface area contributed by atoms with Crippen molar-refractivity contribution in [1.82, 2.24) is 24.4 Å². The van der Waals surface area contributed by atoms with E-state index in [0.29, 0.717) is 28.0 Å². The van der Waals surface area contributed by atoms with Gasteiger partial charge in [0.05, 0.1) is 32.2 Å². The van der Waals surface area contributed by atoms with Crippen LogP contribution in [0.4, 0.5) is 0 Å². The number of ether oxygens (including phenoxy) is 3. The number of fused-ring (bicyclic) bond motifs is 1. The normalized spacial score (nSPS) is 16.7. The Balaban J connectivity index is 1.87. The maximum atomic E-state index is 11.0. The standard InChI is InChI=1S/C20H27N5O4S/c1-12-21-20-25(22-12)19(26)18(30-20)16(24-8-6-23(2)7-9-24)13-10-14(27-3)17(29-5)15(11-13)28-4/h10-11,16,26H,6-9H2,1-5H3/t16-/m1/s1. The van der Waals surface area contributed by atoms with Crippen molar-refractivity contribution in [3.05, 3.63) is 28.4 Å². The molecule has 1 atom stereocenters. The van der Waals surface area contributed by atoms with Crippen molar-refractivity contribution in [2.24, 2.45) is 0 Å². The van der Waals surface area contributed by atoms with Crippen LogP contribution in [0.2, 0.25) is 0 Å². The van der Waals surface area contributed by atoms with Crippen LogP contribution >= 0.6 is 11.3 Å². The first kappa shape index (κ1) is 20.7. The average molecular weight is 434 g/mol. The second kappa shape index (κ2) is 8.29. The van der Waals surface area contributed by atoms with Gasteiger partial charge < -0.3 is 24.2 Å². The van der Waals surface area contributed by atoms with E-state index in [2.05, 4.69) is 26.9 Å². The summed E-state index contributed by atoms with van der Waals surface area (Å²) in [6.45, 7) is 5.44. The van der Waals surface area contributed by atoms with Gasteiger partial charge in [-0.15, -0.1) is 5.10 Å². The highest BCUT2D eigenvalue weighted by molar-refractivity contribution is 7.17. The van der Waals surface area contributed by atoms with E-state index in [9.17, 15) is 5.11 Å². The number of aryl methyl sites for hydroxylation is 1. The van der Waals surface area contributed by atoms with Crippen LogP contribution in [-0.2, 0) is 0 Å². The molecule has 1 aliphatic rings. The summed E-state index contributed by atoms with van der Waals surface area (Å²) < 4.78 is 18.2. The third-order valence-corrected chi connectivity index (χ3v) is 6.53. The first-order valence-corrected chi connectivity index (χ1v) is 10.6. The molecule has 2 aromatic heterocycles. The number of benzene rings is 1. The Kier molecular flexibility index (Phi) is 5.72. The van der Waals surface area contributed by atoms with Gasteiger partial charge in [0.25, 0.3) is 0 Å². The Morgan fingerprint density at radius 1 is 1.03 bits per heavy atom. The molecule has 1 saturated heterocycles. The first-order valence-electron chi connectivity index (χ1n) is 9.74. The molecular formula is C20H27N5O4S. The number of aromatic hydroxyl groups is 1. The van der Waals surface area contributed by atoms with Gasteiger partial charge in [0.1, 0.15) is 5.82 Å². The summed E-state index contributed by atoms with van der Waals surface area (Å²) in [6.07, 6.45) is 0. The largest absolute Gasteiger partial charge is 0.493 e. The molecule has 1 fully saturated rings. The molecule has 1 aliphatic heterocycles. The van der Waals surface area contributed by atoms with Gasteiger partial charge in [0.2, 0.25) is 16.6 Å². The Morgan fingerprint density at radius 2 is 1.67 bits per heavy atom. The fourth-order valence-electron chi connectivity index (χ4n) is 3.89. The predicted molar refractivity (Wildman–Crippen MR) is 114 cm³/mol. The van der Waals surface area contributed by atoms with Gasteiger partial charge >= 0.3 is 0 Å². The van der Waals surface area contributed by atoms with E-state index in [0.717, 1.165) is 36.6 Å². The van der Waals surface area contributed by atoms with Gasteiger partial charge in [-0.3, -0.25) is 4.90 Å². The summed E-state index contributed by atoms with van der Waals surface area (Å²) in [7, 11) is 6.92. The predicted octanol–water partition coefficient (Wildman–Crippen LogP) is 2.17. The molecule has 3 heterocycles. The Hall–Kier alpha value is -2.56. The van der Waals surface area contributed by atoms with E-state index < -0.39 is 0 Å². The number of aromatic nitrogens is 3. The summed E-state index contributed by atoms with van der Waals surface area (Å²) in [5, 5.41) is 15.3. The Labute approximate surface area is 179 Å². The van der Waals surface area contributed by atoms with Crippen LogP contribution in [0, 0.1) is 6.92 Å². The fraction of sp³-hybridized carbons (Fsp3) is 0.500. The van der Waals surface area contributed by atoms with Crippen molar-refractivity contribution in [2.45, 2.75) is 13.0 Å². The minimum atomic E-state index is -0.193. The number of likely N-dealkylation sites (N-methyl/N-ethyl adjacent to an activating group) is 1. The number of hydrogen-bond donors (Lipinski definition) is 1. The molecule has 3 aromatic rings. The fourth-order valence-corrected chi connectivity index (χ4v) is 5.06. The van der Waals surface area contributed by atoms with Crippen LogP contribution in [0.15, 0.2) is 12.1 Å². The van der Waals surface area contributed by atoms with E-state index in [1.54, 1.807) is 21.3 Å². The summed E-state index contributed by atoms with van der Waals surface area (Å²) in [5.74, 6) is 2.46. The van der Waals surface area contributed by atoms with Crippen molar-refractivity contribution < 1.29 is 19.3 Å². The molecule has 30 heavy (non-hydrogen) atoms. The summed E-state index contributed by atoms with van der Waals surface area (Å²) in [6, 6.07) is 3.71. The average Bonchev–Trinajstić information content (AvgIpc) is 3.25. The zero-order valence-electron chi connectivity index (χ0n) is 17.9. The second-order valence-corrected chi connectivity index (χ2v) is 8.35. The van der Waals surface area contributed by atoms with E-state index in [1.807, 2.05) is 19.1 Å². The third-order valence-electron chi connectivity index (χ3n) is 5.46. The molecule has 0 saturated carbocycles. The SMILES string of the molecule is COc1cc([C@H](c2sc3nc(C)nn3c2O)N2CCN(C)CC2)cc(OC)c1OC. The number of methoxy groups -OCH3 is 3. The molecule has 1 N–H and O–H groups in total. The topological polar surface area (TPSA) is 84.6 Å². The molecule has 162 valence electrons. The number of hydrogen-bond acceptors (Lipinski definition) is 9. The molecule has 4 rings (SSSR count). The molecule has 10 heteroatoms. The zero-order chi connectivity index (χ0) is 21.4. The highest BCUT2D eigenvalue weighted by Gasteiger charge is 2.32. The molecule has 0 unspecified atom stereocenters. The lowest BCUT2D eigenvalue weighted by Gasteiger charge is -2.38. The van der Waals surface area contributed by atoms with E-state index >= 15 is 0 Å². The van der Waals surface area contributed by atoms with Gasteiger partial charge in [-0.2, -0.15) is 4.52 Å². The van der Waals surface area contributed by atoms with Crippen molar-refractivity contribution >= 4 is 16.3 Å². The molecule has 0 bridgehead atoms. The molecule has 0 spiro atoms. The quantitative estimate of drug-likeness (QED) is 0.633. The van der Waals surface area contributed by atoms with Gasteiger partial charge in [-0.1, -0.05) is 11.3 Å². The van der Waals surface area contributed by atoms with E-state index in [-0.39, 0.29) is 11.9 Å². The molecular weight excluding hydrogens is 406 g/mol. The van der Waals surface area contributed by atoms with Gasteiger partial charge in [-0.05, 0) is 31.7 Å². The molecule has 0 aliphatic carbocycles. The minimum Gasteiger partial charge on any atom is -0.493 e. The molecule has 0 amide bonds. The van der Waals surface area contributed by atoms with Crippen molar-refractivity contribution in [2.75, 3.05) is 54.6 Å². The zero-order valence-corrected chi connectivity index (χ0v) is 18.7. The third kappa shape index (κ3) is 3.55. The van der Waals surface area contributed by atoms with E-state index in [4.69, 9.17) is 14.2 Å². The monoisotopic (exact) mass is 433 g/mol. The maximum absolute atomic E-state index is 11.0. The Bertz CT molecular complexity index is 1020. The second-order valence-electron chi connectivity index (χ2n) is 7.34. The minimum absolute atomic E-state index is 0.119. The van der Waals surface area contributed by atoms with Gasteiger partial charge in [0.15, 0.2) is 11.5 Å². The van der Waals surface area contributed by atoms with Gasteiger partial charge in [-0.25, -0.2) is 4.98 Å². The van der Waals surface area contributed by atoms with Crippen LogP contribution in [0.1, 0.15) is 22.3 Å². The van der Waals surface area contributed by atoms with E-state index in [1.165, 1.54) is 15.9 Å². The Morgan fingerprint density at radius 3 is 2.20 bits per heavy atom. The summed E-state index contributed by atoms with van der Waals surface area (Å²) in [5.41, 5.74) is 0.950. The lowest BCUT2D eigenvalue weighted by Crippen LogP contribution is -2.46. The van der Waals surface area contributed by atoms with Crippen LogP contribution in [0.5, 0.6) is 23.1 Å². The van der Waals surface area contributed by atoms with Crippen molar-refractivity contribution in [3.63, 3.8) is 0 Å². The lowest BCUT2D eigenvalue weighted by molar-refractivity contribution is 0.127. The van der Waals surface area contributed by atoms with Gasteiger partial charge in [0, 0.05) is 26.2 Å². The van der Waals surface area contributed by atoms with Crippen LogP contribution in [-0.4, -0.2) is 84.1 Å². The number of nitrogens with zero attached hydrogens (tertiary/aromatic N) is 5. The molecule has 9 nitrogen and oxygen atoms in total. The van der Waals surface area contributed by atoms with Crippen molar-refractivity contribution in [1.29, 1.82) is 0 Å². The molecule has 1 aromatic carbocycles.